The number of benzene rings is 1. The Balaban J connectivity index is 1.61. The molecule has 0 spiro atoms. The Labute approximate surface area is 171 Å². The molecule has 156 valence electrons. The molecule has 0 saturated carbocycles. The second kappa shape index (κ2) is 9.67. The van der Waals surface area contributed by atoms with Crippen molar-refractivity contribution in [2.24, 2.45) is 7.05 Å². The van der Waals surface area contributed by atoms with Gasteiger partial charge in [-0.05, 0) is 38.1 Å². The summed E-state index contributed by atoms with van der Waals surface area (Å²) < 4.78 is 1.99. The van der Waals surface area contributed by atoms with E-state index < -0.39 is 0 Å². The number of aryl methyl sites for hydroxylation is 1. The van der Waals surface area contributed by atoms with Gasteiger partial charge in [0.15, 0.2) is 0 Å². The lowest BCUT2D eigenvalue weighted by Crippen LogP contribution is -2.49. The zero-order chi connectivity index (χ0) is 20.8. The standard InChI is InChI=1S/C21H30N6O2/c1-4-26(5-2)21(29)16-6-8-17(9-7-16)24-19(28)15-27-13-10-22-14-18(27)20-23-11-12-25(20)3/h6-9,11-12,18,22H,4-5,10,13-15H2,1-3H3,(H,24,28). The van der Waals surface area contributed by atoms with E-state index in [0.717, 1.165) is 25.5 Å². The van der Waals surface area contributed by atoms with E-state index in [1.165, 1.54) is 0 Å². The molecule has 0 aliphatic carbocycles. The number of hydrogen-bond donors (Lipinski definition) is 2. The molecule has 1 saturated heterocycles. The van der Waals surface area contributed by atoms with Gasteiger partial charge in [-0.3, -0.25) is 14.5 Å². The summed E-state index contributed by atoms with van der Waals surface area (Å²) in [5.41, 5.74) is 1.32. The molecular weight excluding hydrogens is 368 g/mol. The predicted molar refractivity (Wildman–Crippen MR) is 113 cm³/mol. The minimum atomic E-state index is -0.0751. The number of carbonyl (C=O) groups is 2. The number of nitrogens with one attached hydrogen (secondary N) is 2. The molecule has 1 aliphatic rings. The van der Waals surface area contributed by atoms with Crippen LogP contribution in [0.4, 0.5) is 5.69 Å². The average molecular weight is 399 g/mol. The van der Waals surface area contributed by atoms with Crippen LogP contribution in [0.15, 0.2) is 36.7 Å². The van der Waals surface area contributed by atoms with Gasteiger partial charge in [-0.25, -0.2) is 4.98 Å². The Hall–Kier alpha value is -2.71. The quantitative estimate of drug-likeness (QED) is 0.738. The molecule has 29 heavy (non-hydrogen) atoms. The minimum Gasteiger partial charge on any atom is -0.339 e. The van der Waals surface area contributed by atoms with Crippen LogP contribution in [0.1, 0.15) is 36.1 Å². The third-order valence-corrected chi connectivity index (χ3v) is 5.32. The molecule has 1 aromatic heterocycles. The first-order chi connectivity index (χ1) is 14.0. The van der Waals surface area contributed by atoms with Crippen LogP contribution in [0.3, 0.4) is 0 Å². The van der Waals surface area contributed by atoms with Crippen molar-refractivity contribution in [3.05, 3.63) is 48.0 Å². The van der Waals surface area contributed by atoms with E-state index in [9.17, 15) is 9.59 Å². The van der Waals surface area contributed by atoms with Crippen molar-refractivity contribution in [2.45, 2.75) is 19.9 Å². The van der Waals surface area contributed by atoms with E-state index in [1.807, 2.05) is 31.7 Å². The molecule has 1 aromatic carbocycles. The Morgan fingerprint density at radius 2 is 1.97 bits per heavy atom. The van der Waals surface area contributed by atoms with Crippen molar-refractivity contribution in [3.63, 3.8) is 0 Å². The summed E-state index contributed by atoms with van der Waals surface area (Å²) >= 11 is 0. The third kappa shape index (κ3) is 5.02. The van der Waals surface area contributed by atoms with Gasteiger partial charge in [0.05, 0.1) is 12.6 Å². The highest BCUT2D eigenvalue weighted by molar-refractivity contribution is 5.96. The molecule has 1 atom stereocenters. The maximum Gasteiger partial charge on any atom is 0.253 e. The molecule has 0 bridgehead atoms. The highest BCUT2D eigenvalue weighted by atomic mass is 16.2. The summed E-state index contributed by atoms with van der Waals surface area (Å²) in [5.74, 6) is 0.879. The van der Waals surface area contributed by atoms with E-state index in [0.29, 0.717) is 30.9 Å². The number of anilines is 1. The Bertz CT molecular complexity index is 828. The van der Waals surface area contributed by atoms with Gasteiger partial charge in [0.1, 0.15) is 5.82 Å². The molecule has 1 unspecified atom stereocenters. The average Bonchev–Trinajstić information content (AvgIpc) is 3.15. The number of piperazine rings is 1. The van der Waals surface area contributed by atoms with Crippen molar-refractivity contribution >= 4 is 17.5 Å². The largest absolute Gasteiger partial charge is 0.339 e. The molecular formula is C21H30N6O2. The highest BCUT2D eigenvalue weighted by Crippen LogP contribution is 2.20. The highest BCUT2D eigenvalue weighted by Gasteiger charge is 2.28. The zero-order valence-corrected chi connectivity index (χ0v) is 17.4. The van der Waals surface area contributed by atoms with Gasteiger partial charge in [0, 0.05) is 63.4 Å². The van der Waals surface area contributed by atoms with Crippen LogP contribution in [0, 0.1) is 0 Å². The first kappa shape index (κ1) is 21.0. The molecule has 8 nitrogen and oxygen atoms in total. The van der Waals surface area contributed by atoms with Crippen molar-refractivity contribution in [2.75, 3.05) is 44.6 Å². The third-order valence-electron chi connectivity index (χ3n) is 5.32. The minimum absolute atomic E-state index is 0.00611. The van der Waals surface area contributed by atoms with Gasteiger partial charge < -0.3 is 20.1 Å². The monoisotopic (exact) mass is 398 g/mol. The maximum absolute atomic E-state index is 12.6. The lowest BCUT2D eigenvalue weighted by molar-refractivity contribution is -0.118. The van der Waals surface area contributed by atoms with Crippen LogP contribution in [-0.2, 0) is 11.8 Å². The van der Waals surface area contributed by atoms with E-state index in [-0.39, 0.29) is 17.9 Å². The van der Waals surface area contributed by atoms with Crippen LogP contribution in [-0.4, -0.2) is 70.4 Å². The fraction of sp³-hybridized carbons (Fsp3) is 0.476. The summed E-state index contributed by atoms with van der Waals surface area (Å²) in [6.07, 6.45) is 3.70. The van der Waals surface area contributed by atoms with Crippen LogP contribution < -0.4 is 10.6 Å². The smallest absolute Gasteiger partial charge is 0.253 e. The molecule has 3 rings (SSSR count). The van der Waals surface area contributed by atoms with Crippen LogP contribution >= 0.6 is 0 Å². The molecule has 2 aromatic rings. The summed E-state index contributed by atoms with van der Waals surface area (Å²) in [6.45, 7) is 7.96. The van der Waals surface area contributed by atoms with E-state index in [2.05, 4.69) is 20.5 Å². The summed E-state index contributed by atoms with van der Waals surface area (Å²) in [7, 11) is 1.97. The first-order valence-electron chi connectivity index (χ1n) is 10.1. The number of imidazole rings is 1. The predicted octanol–water partition coefficient (Wildman–Crippen LogP) is 1.49. The second-order valence-corrected chi connectivity index (χ2v) is 7.19. The lowest BCUT2D eigenvalue weighted by Gasteiger charge is -2.35. The number of hydrogen-bond acceptors (Lipinski definition) is 5. The van der Waals surface area contributed by atoms with Gasteiger partial charge in [-0.15, -0.1) is 0 Å². The zero-order valence-electron chi connectivity index (χ0n) is 17.4. The first-order valence-corrected chi connectivity index (χ1v) is 10.1. The van der Waals surface area contributed by atoms with E-state index in [4.69, 9.17) is 0 Å². The molecule has 2 N–H and O–H groups in total. The summed E-state index contributed by atoms with van der Waals surface area (Å²) in [4.78, 5) is 33.4. The van der Waals surface area contributed by atoms with Crippen molar-refractivity contribution in [1.29, 1.82) is 0 Å². The molecule has 1 aliphatic heterocycles. The van der Waals surface area contributed by atoms with Crippen LogP contribution in [0.25, 0.3) is 0 Å². The van der Waals surface area contributed by atoms with Gasteiger partial charge in [0.2, 0.25) is 5.91 Å². The van der Waals surface area contributed by atoms with Crippen molar-refractivity contribution in [1.82, 2.24) is 24.7 Å². The Morgan fingerprint density at radius 1 is 1.24 bits per heavy atom. The molecule has 0 radical (unpaired) electrons. The number of rotatable bonds is 7. The lowest BCUT2D eigenvalue weighted by atomic mass is 10.1. The normalized spacial score (nSPS) is 17.1. The maximum atomic E-state index is 12.6. The van der Waals surface area contributed by atoms with Gasteiger partial charge >= 0.3 is 0 Å². The van der Waals surface area contributed by atoms with Crippen molar-refractivity contribution in [3.8, 4) is 0 Å². The second-order valence-electron chi connectivity index (χ2n) is 7.19. The molecule has 2 amide bonds. The van der Waals surface area contributed by atoms with Gasteiger partial charge in [-0.2, -0.15) is 0 Å². The fourth-order valence-electron chi connectivity index (χ4n) is 3.66. The topological polar surface area (TPSA) is 82.5 Å². The van der Waals surface area contributed by atoms with Crippen molar-refractivity contribution < 1.29 is 9.59 Å². The molecule has 8 heteroatoms. The number of aromatic nitrogens is 2. The van der Waals surface area contributed by atoms with E-state index >= 15 is 0 Å². The van der Waals surface area contributed by atoms with Crippen LogP contribution in [0.2, 0.25) is 0 Å². The number of carbonyl (C=O) groups excluding carboxylic acids is 2. The Kier molecular flexibility index (Phi) is 7.00. The number of amides is 2. The van der Waals surface area contributed by atoms with Gasteiger partial charge in [0.25, 0.3) is 5.91 Å². The molecule has 2 heterocycles. The fourth-order valence-corrected chi connectivity index (χ4v) is 3.66. The van der Waals surface area contributed by atoms with Crippen LogP contribution in [0.5, 0.6) is 0 Å². The molecule has 1 fully saturated rings. The Morgan fingerprint density at radius 3 is 2.59 bits per heavy atom. The SMILES string of the molecule is CCN(CC)C(=O)c1ccc(NC(=O)CN2CCNCC2c2nccn2C)cc1. The summed E-state index contributed by atoms with van der Waals surface area (Å²) in [5, 5.41) is 6.32. The van der Waals surface area contributed by atoms with Gasteiger partial charge in [-0.1, -0.05) is 0 Å². The number of nitrogens with zero attached hydrogens (tertiary/aromatic N) is 4. The summed E-state index contributed by atoms with van der Waals surface area (Å²) in [6, 6.07) is 7.14. The van der Waals surface area contributed by atoms with E-state index in [1.54, 1.807) is 35.4 Å².